The van der Waals surface area contributed by atoms with Gasteiger partial charge in [0.05, 0.1) is 5.52 Å². The van der Waals surface area contributed by atoms with Crippen LogP contribution in [-0.4, -0.2) is 17.1 Å². The topological polar surface area (TPSA) is 50.9 Å². The number of para-hydroxylation sites is 1. The van der Waals surface area contributed by atoms with E-state index in [0.717, 1.165) is 24.0 Å². The van der Waals surface area contributed by atoms with Crippen molar-refractivity contribution in [3.05, 3.63) is 36.5 Å². The van der Waals surface area contributed by atoms with Crippen LogP contribution in [-0.2, 0) is 0 Å². The monoisotopic (exact) mass is 241 g/mol. The zero-order chi connectivity index (χ0) is 12.4. The third kappa shape index (κ3) is 2.18. The Morgan fingerprint density at radius 3 is 2.83 bits per heavy atom. The van der Waals surface area contributed by atoms with Gasteiger partial charge < -0.3 is 11.1 Å². The predicted octanol–water partition coefficient (Wildman–Crippen LogP) is 2.92. The summed E-state index contributed by atoms with van der Waals surface area (Å²) in [5.41, 5.74) is 8.38. The van der Waals surface area contributed by atoms with Crippen molar-refractivity contribution >= 4 is 16.6 Å². The summed E-state index contributed by atoms with van der Waals surface area (Å²) in [5.74, 6) is 0. The summed E-state index contributed by atoms with van der Waals surface area (Å²) in [6, 6.07) is 10.9. The Labute approximate surface area is 107 Å². The molecule has 2 atom stereocenters. The van der Waals surface area contributed by atoms with E-state index in [-0.39, 0.29) is 6.04 Å². The molecule has 1 aliphatic carbocycles. The maximum atomic E-state index is 6.19. The molecule has 1 fully saturated rings. The van der Waals surface area contributed by atoms with Crippen LogP contribution >= 0.6 is 0 Å². The Morgan fingerprint density at radius 1 is 1.11 bits per heavy atom. The van der Waals surface area contributed by atoms with Crippen LogP contribution in [0.3, 0.4) is 0 Å². The molecule has 94 valence electrons. The van der Waals surface area contributed by atoms with Gasteiger partial charge in [-0.2, -0.15) is 0 Å². The smallest absolute Gasteiger partial charge is 0.0722 e. The minimum absolute atomic E-state index is 0.269. The molecular formula is C15H19N3. The Morgan fingerprint density at radius 2 is 1.94 bits per heavy atom. The van der Waals surface area contributed by atoms with Gasteiger partial charge in [0.25, 0.3) is 0 Å². The lowest BCUT2D eigenvalue weighted by molar-refractivity contribution is 0.404. The Balaban J connectivity index is 1.90. The third-order valence-corrected chi connectivity index (χ3v) is 3.81. The fourth-order valence-corrected chi connectivity index (χ4v) is 2.76. The van der Waals surface area contributed by atoms with E-state index in [1.807, 2.05) is 24.4 Å². The lowest BCUT2D eigenvalue weighted by atomic mass is 9.91. The maximum absolute atomic E-state index is 6.19. The highest BCUT2D eigenvalue weighted by atomic mass is 15.0. The number of aromatic nitrogens is 1. The number of anilines is 1. The van der Waals surface area contributed by atoms with E-state index in [1.54, 1.807) is 0 Å². The van der Waals surface area contributed by atoms with Crippen molar-refractivity contribution in [2.45, 2.75) is 37.8 Å². The molecule has 1 aliphatic rings. The fourth-order valence-electron chi connectivity index (χ4n) is 2.76. The zero-order valence-corrected chi connectivity index (χ0v) is 10.5. The molecule has 0 radical (unpaired) electrons. The van der Waals surface area contributed by atoms with Gasteiger partial charge in [-0.25, -0.2) is 0 Å². The number of nitrogens with zero attached hydrogens (tertiary/aromatic N) is 1. The number of pyridine rings is 1. The number of fused-ring (bicyclic) bond motifs is 1. The van der Waals surface area contributed by atoms with Crippen LogP contribution in [0.5, 0.6) is 0 Å². The molecule has 0 unspecified atom stereocenters. The minimum atomic E-state index is 0.269. The van der Waals surface area contributed by atoms with Crippen molar-refractivity contribution in [1.29, 1.82) is 0 Å². The van der Waals surface area contributed by atoms with Crippen LogP contribution in [0.1, 0.15) is 25.7 Å². The average molecular weight is 241 g/mol. The molecule has 0 bridgehead atoms. The van der Waals surface area contributed by atoms with Gasteiger partial charge in [0, 0.05) is 29.4 Å². The lowest BCUT2D eigenvalue weighted by Crippen LogP contribution is -2.42. The van der Waals surface area contributed by atoms with Gasteiger partial charge >= 0.3 is 0 Å². The van der Waals surface area contributed by atoms with Gasteiger partial charge in [0.2, 0.25) is 0 Å². The van der Waals surface area contributed by atoms with Crippen molar-refractivity contribution in [1.82, 2.24) is 4.98 Å². The van der Waals surface area contributed by atoms with Crippen molar-refractivity contribution < 1.29 is 0 Å². The van der Waals surface area contributed by atoms with Crippen LogP contribution in [0, 0.1) is 0 Å². The van der Waals surface area contributed by atoms with E-state index in [2.05, 4.69) is 22.4 Å². The largest absolute Gasteiger partial charge is 0.380 e. The number of nitrogens with one attached hydrogen (secondary N) is 1. The minimum Gasteiger partial charge on any atom is -0.380 e. The Kier molecular flexibility index (Phi) is 3.15. The molecule has 1 aromatic heterocycles. The third-order valence-electron chi connectivity index (χ3n) is 3.81. The molecule has 0 amide bonds. The molecule has 18 heavy (non-hydrogen) atoms. The van der Waals surface area contributed by atoms with E-state index in [4.69, 9.17) is 5.73 Å². The molecule has 1 aromatic carbocycles. The summed E-state index contributed by atoms with van der Waals surface area (Å²) in [5, 5.41) is 4.79. The second kappa shape index (κ2) is 4.94. The molecule has 0 aliphatic heterocycles. The van der Waals surface area contributed by atoms with Gasteiger partial charge in [0.1, 0.15) is 0 Å². The zero-order valence-electron chi connectivity index (χ0n) is 10.5. The van der Waals surface area contributed by atoms with Crippen LogP contribution in [0.2, 0.25) is 0 Å². The molecule has 1 saturated carbocycles. The Bertz CT molecular complexity index is 533. The second-order valence-corrected chi connectivity index (χ2v) is 5.07. The maximum Gasteiger partial charge on any atom is 0.0722 e. The van der Waals surface area contributed by atoms with Crippen LogP contribution in [0.15, 0.2) is 36.5 Å². The number of rotatable bonds is 2. The SMILES string of the molecule is N[C@@H]1CCCC[C@H]1Nc1ccnc2ccccc12. The Hall–Kier alpha value is -1.61. The summed E-state index contributed by atoms with van der Waals surface area (Å²) >= 11 is 0. The number of hydrogen-bond donors (Lipinski definition) is 2. The van der Waals surface area contributed by atoms with Crippen molar-refractivity contribution in [3.63, 3.8) is 0 Å². The first-order valence-corrected chi connectivity index (χ1v) is 6.70. The first kappa shape index (κ1) is 11.5. The highest BCUT2D eigenvalue weighted by Crippen LogP contribution is 2.25. The van der Waals surface area contributed by atoms with Crippen molar-refractivity contribution in [2.24, 2.45) is 5.73 Å². The second-order valence-electron chi connectivity index (χ2n) is 5.07. The van der Waals surface area contributed by atoms with Crippen molar-refractivity contribution in [2.75, 3.05) is 5.32 Å². The molecule has 3 N–H and O–H groups in total. The molecule has 2 aromatic rings. The van der Waals surface area contributed by atoms with Gasteiger partial charge in [-0.1, -0.05) is 31.0 Å². The fraction of sp³-hybridized carbons (Fsp3) is 0.400. The lowest BCUT2D eigenvalue weighted by Gasteiger charge is -2.30. The van der Waals surface area contributed by atoms with Gasteiger partial charge in [-0.05, 0) is 25.0 Å². The predicted molar refractivity (Wildman–Crippen MR) is 75.6 cm³/mol. The molecule has 0 spiro atoms. The molecule has 3 heteroatoms. The average Bonchev–Trinajstić information content (AvgIpc) is 2.42. The van der Waals surface area contributed by atoms with Crippen molar-refractivity contribution in [3.8, 4) is 0 Å². The quantitative estimate of drug-likeness (QED) is 0.850. The summed E-state index contributed by atoms with van der Waals surface area (Å²) in [7, 11) is 0. The van der Waals surface area contributed by atoms with Crippen LogP contribution in [0.4, 0.5) is 5.69 Å². The van der Waals surface area contributed by atoms with E-state index in [0.29, 0.717) is 6.04 Å². The standard InChI is InChI=1S/C15H19N3/c16-12-6-2-4-8-15(12)18-14-9-10-17-13-7-3-1-5-11(13)14/h1,3,5,7,9-10,12,15H,2,4,6,8,16H2,(H,17,18)/t12-,15-/m1/s1. The molecular weight excluding hydrogens is 222 g/mol. The summed E-state index contributed by atoms with van der Waals surface area (Å²) in [4.78, 5) is 4.38. The summed E-state index contributed by atoms with van der Waals surface area (Å²) < 4.78 is 0. The van der Waals surface area contributed by atoms with E-state index < -0.39 is 0 Å². The normalized spacial score (nSPS) is 24.1. The van der Waals surface area contributed by atoms with E-state index in [1.165, 1.54) is 18.2 Å². The van der Waals surface area contributed by atoms with Gasteiger partial charge in [-0.3, -0.25) is 4.98 Å². The van der Waals surface area contributed by atoms with Crippen LogP contribution in [0.25, 0.3) is 10.9 Å². The highest BCUT2D eigenvalue weighted by molar-refractivity contribution is 5.90. The highest BCUT2D eigenvalue weighted by Gasteiger charge is 2.21. The number of nitrogens with two attached hydrogens (primary N) is 1. The summed E-state index contributed by atoms with van der Waals surface area (Å²) in [6.45, 7) is 0. The van der Waals surface area contributed by atoms with Crippen LogP contribution < -0.4 is 11.1 Å². The number of benzene rings is 1. The van der Waals surface area contributed by atoms with E-state index >= 15 is 0 Å². The van der Waals surface area contributed by atoms with E-state index in [9.17, 15) is 0 Å². The first-order valence-electron chi connectivity index (χ1n) is 6.70. The molecule has 0 saturated heterocycles. The number of hydrogen-bond acceptors (Lipinski definition) is 3. The van der Waals surface area contributed by atoms with Gasteiger partial charge in [-0.15, -0.1) is 0 Å². The molecule has 1 heterocycles. The first-order chi connectivity index (χ1) is 8.84. The van der Waals surface area contributed by atoms with Gasteiger partial charge in [0.15, 0.2) is 0 Å². The summed E-state index contributed by atoms with van der Waals surface area (Å²) in [6.07, 6.45) is 6.68. The molecule has 3 nitrogen and oxygen atoms in total. The molecule has 3 rings (SSSR count).